The number of aromatic nitrogens is 2. The first-order valence-corrected chi connectivity index (χ1v) is 19.6. The molecule has 3 aromatic carbocycles. The van der Waals surface area contributed by atoms with Crippen molar-refractivity contribution >= 4 is 40.6 Å². The van der Waals surface area contributed by atoms with Gasteiger partial charge in [-0.25, -0.2) is 4.98 Å². The van der Waals surface area contributed by atoms with Crippen molar-refractivity contribution < 1.29 is 33.4 Å². The van der Waals surface area contributed by atoms with Crippen LogP contribution in [-0.2, 0) is 39.1 Å². The molecule has 0 spiro atoms. The molecule has 7 rings (SSSR count). The Morgan fingerprint density at radius 3 is 2.39 bits per heavy atom. The van der Waals surface area contributed by atoms with Gasteiger partial charge >= 0.3 is 0 Å². The fourth-order valence-electron chi connectivity index (χ4n) is 7.04. The molecule has 0 radical (unpaired) electrons. The van der Waals surface area contributed by atoms with Crippen LogP contribution in [0.25, 0.3) is 11.0 Å². The molecule has 302 valence electrons. The summed E-state index contributed by atoms with van der Waals surface area (Å²) < 4.78 is 13.3. The summed E-state index contributed by atoms with van der Waals surface area (Å²) in [5.41, 5.74) is 3.26. The molecule has 1 fully saturated rings. The van der Waals surface area contributed by atoms with Crippen LogP contribution in [0, 0.1) is 11.8 Å². The van der Waals surface area contributed by atoms with Gasteiger partial charge in [0.05, 0.1) is 37.1 Å². The molecule has 0 saturated heterocycles. The number of amides is 5. The summed E-state index contributed by atoms with van der Waals surface area (Å²) in [7, 11) is 3.42. The van der Waals surface area contributed by atoms with E-state index in [1.807, 2.05) is 23.7 Å². The number of methoxy groups -OCH3 is 1. The smallest absolute Gasteiger partial charge is 0.252 e. The number of rotatable bonds is 9. The van der Waals surface area contributed by atoms with Gasteiger partial charge in [0.2, 0.25) is 23.6 Å². The lowest BCUT2D eigenvalue weighted by atomic mass is 10.0. The van der Waals surface area contributed by atoms with Crippen LogP contribution in [0.5, 0.6) is 11.5 Å². The third kappa shape index (κ3) is 11.1. The van der Waals surface area contributed by atoms with E-state index in [0.717, 1.165) is 29.5 Å². The lowest BCUT2D eigenvalue weighted by molar-refractivity contribution is -0.140. The molecule has 14 heteroatoms. The summed E-state index contributed by atoms with van der Waals surface area (Å²) in [5, 5.41) is 11.7. The van der Waals surface area contributed by atoms with Gasteiger partial charge in [-0.2, -0.15) is 0 Å². The van der Waals surface area contributed by atoms with Gasteiger partial charge in [0.1, 0.15) is 36.2 Å². The van der Waals surface area contributed by atoms with Crippen LogP contribution in [0.1, 0.15) is 61.5 Å². The van der Waals surface area contributed by atoms with E-state index >= 15 is 0 Å². The second-order valence-corrected chi connectivity index (χ2v) is 15.6. The molecule has 2 aliphatic heterocycles. The molecule has 1 aliphatic carbocycles. The van der Waals surface area contributed by atoms with Crippen molar-refractivity contribution in [2.24, 2.45) is 18.9 Å². The van der Waals surface area contributed by atoms with Gasteiger partial charge in [-0.3, -0.25) is 24.0 Å². The predicted octanol–water partition coefficient (Wildman–Crippen LogP) is 3.32. The number of ether oxygens (including phenoxy) is 2. The Bertz CT molecular complexity index is 2060. The molecule has 4 N–H and O–H groups in total. The highest BCUT2D eigenvalue weighted by Crippen LogP contribution is 2.30. The Balaban J connectivity index is 1.32. The lowest BCUT2D eigenvalue weighted by Gasteiger charge is -2.29. The van der Waals surface area contributed by atoms with Crippen LogP contribution in [0.15, 0.2) is 73.1 Å². The molecule has 1 saturated carbocycles. The van der Waals surface area contributed by atoms with Crippen molar-refractivity contribution in [2.75, 3.05) is 26.8 Å². The molecule has 3 heterocycles. The van der Waals surface area contributed by atoms with Crippen LogP contribution in [0.4, 0.5) is 0 Å². The minimum absolute atomic E-state index is 0.0803. The maximum absolute atomic E-state index is 14.3. The van der Waals surface area contributed by atoms with Crippen LogP contribution in [0.2, 0.25) is 0 Å². The first-order valence-electron chi connectivity index (χ1n) is 19.6. The number of carbonyl (C=O) groups is 5. The number of hydrogen-bond acceptors (Lipinski definition) is 8. The summed E-state index contributed by atoms with van der Waals surface area (Å²) in [6.45, 7) is 6.15. The number of fused-ring (bicyclic) bond motifs is 18. The highest BCUT2D eigenvalue weighted by Gasteiger charge is 2.34. The number of nitrogens with zero attached hydrogens (tertiary/aromatic N) is 3. The largest absolute Gasteiger partial charge is 0.497 e. The minimum atomic E-state index is -1.14. The van der Waals surface area contributed by atoms with Gasteiger partial charge in [-0.05, 0) is 91.6 Å². The van der Waals surface area contributed by atoms with E-state index in [0.29, 0.717) is 35.5 Å². The molecular formula is C43H53N7O7. The fourth-order valence-corrected chi connectivity index (χ4v) is 7.04. The molecular weight excluding hydrogens is 727 g/mol. The van der Waals surface area contributed by atoms with Crippen molar-refractivity contribution in [2.45, 2.75) is 77.0 Å². The van der Waals surface area contributed by atoms with Gasteiger partial charge in [0.15, 0.2) is 0 Å². The molecule has 4 aromatic rings. The summed E-state index contributed by atoms with van der Waals surface area (Å²) in [6.07, 6.45) is 4.41. The topological polar surface area (TPSA) is 173 Å². The SMILES string of the molecule is COc1ccc(C[C@@H]2NC(=O)[C@@H](NC(=O)c3ccc4c(c3)ncn4C)Cc3ccc(cc3)OC[C@H](CC(C)C)NC(=O)CN(CC3CC3)C(=O)[C@@H](C)NC2=O)cc1. The van der Waals surface area contributed by atoms with E-state index in [9.17, 15) is 24.0 Å². The predicted molar refractivity (Wildman–Crippen MR) is 215 cm³/mol. The van der Waals surface area contributed by atoms with E-state index < -0.39 is 41.8 Å². The van der Waals surface area contributed by atoms with Crippen molar-refractivity contribution in [3.63, 3.8) is 0 Å². The number of imidazole rings is 1. The Morgan fingerprint density at radius 2 is 1.70 bits per heavy atom. The van der Waals surface area contributed by atoms with Gasteiger partial charge < -0.3 is 40.2 Å². The minimum Gasteiger partial charge on any atom is -0.497 e. The van der Waals surface area contributed by atoms with Crippen molar-refractivity contribution in [1.82, 2.24) is 35.7 Å². The highest BCUT2D eigenvalue weighted by molar-refractivity contribution is 6.01. The first-order chi connectivity index (χ1) is 27.3. The number of hydrogen-bond donors (Lipinski definition) is 4. The van der Waals surface area contributed by atoms with Gasteiger partial charge in [-0.15, -0.1) is 0 Å². The Morgan fingerprint density at radius 1 is 0.965 bits per heavy atom. The maximum atomic E-state index is 14.3. The monoisotopic (exact) mass is 779 g/mol. The number of carbonyl (C=O) groups excluding carboxylic acids is 5. The van der Waals surface area contributed by atoms with E-state index in [1.165, 1.54) is 4.90 Å². The zero-order chi connectivity index (χ0) is 40.6. The Labute approximate surface area is 333 Å². The third-order valence-corrected chi connectivity index (χ3v) is 10.3. The number of nitrogens with one attached hydrogen (secondary N) is 4. The molecule has 2 bridgehead atoms. The average Bonchev–Trinajstić information content (AvgIpc) is 3.94. The molecule has 57 heavy (non-hydrogen) atoms. The van der Waals surface area contributed by atoms with Crippen molar-refractivity contribution in [3.05, 3.63) is 89.7 Å². The van der Waals surface area contributed by atoms with Crippen molar-refractivity contribution in [3.8, 4) is 11.5 Å². The van der Waals surface area contributed by atoms with E-state index in [1.54, 1.807) is 75.0 Å². The fraction of sp³-hybridized carbons (Fsp3) is 0.442. The van der Waals surface area contributed by atoms with Crippen LogP contribution in [0.3, 0.4) is 0 Å². The number of aryl methyl sites for hydroxylation is 1. The second kappa shape index (κ2) is 18.4. The van der Waals surface area contributed by atoms with Crippen molar-refractivity contribution in [1.29, 1.82) is 0 Å². The molecule has 3 aliphatic rings. The Hall–Kier alpha value is -5.92. The molecule has 1 aromatic heterocycles. The Kier molecular flexibility index (Phi) is 13.1. The molecule has 5 amide bonds. The molecule has 4 atom stereocenters. The molecule has 0 unspecified atom stereocenters. The lowest BCUT2D eigenvalue weighted by Crippen LogP contribution is -2.58. The van der Waals surface area contributed by atoms with Gasteiger partial charge in [0.25, 0.3) is 5.91 Å². The summed E-state index contributed by atoms with van der Waals surface area (Å²) in [6, 6.07) is 15.9. The van der Waals surface area contributed by atoms with Gasteiger partial charge in [0, 0.05) is 32.0 Å². The zero-order valence-electron chi connectivity index (χ0n) is 33.2. The maximum Gasteiger partial charge on any atom is 0.252 e. The van der Waals surface area contributed by atoms with E-state index in [4.69, 9.17) is 9.47 Å². The van der Waals surface area contributed by atoms with Crippen LogP contribution < -0.4 is 30.7 Å². The quantitative estimate of drug-likeness (QED) is 0.188. The van der Waals surface area contributed by atoms with E-state index in [2.05, 4.69) is 40.1 Å². The standard InChI is InChI=1S/C43H53N7O7/c1-26(2)18-32-24-57-34-15-10-29(11-16-34)20-37(47-40(52)31-12-17-38-35(21-31)44-25-49(38)4)42(54)48-36(19-28-8-13-33(56-5)14-9-28)41(53)45-27(3)43(55)50(22-30-6-7-30)23-39(51)46-32/h8-17,21,25-27,30,32,36-37H,6-7,18-20,22-24H2,1-5H3,(H,45,53)(H,46,51)(H,47,52)(H,48,54)/t27-,32+,36+,37+/m1/s1. The third-order valence-electron chi connectivity index (χ3n) is 10.3. The molecule has 14 nitrogen and oxygen atoms in total. The first kappa shape index (κ1) is 40.7. The second-order valence-electron chi connectivity index (χ2n) is 15.6. The highest BCUT2D eigenvalue weighted by atomic mass is 16.5. The zero-order valence-corrected chi connectivity index (χ0v) is 33.2. The normalized spacial score (nSPS) is 21.4. The number of benzene rings is 3. The van der Waals surface area contributed by atoms with Gasteiger partial charge in [-0.1, -0.05) is 38.1 Å². The van der Waals surface area contributed by atoms with E-state index in [-0.39, 0.29) is 49.8 Å². The summed E-state index contributed by atoms with van der Waals surface area (Å²) >= 11 is 0. The van der Waals surface area contributed by atoms with Crippen LogP contribution in [-0.4, -0.2) is 95.0 Å². The summed E-state index contributed by atoms with van der Waals surface area (Å²) in [4.78, 5) is 75.5. The van der Waals surface area contributed by atoms with Crippen LogP contribution >= 0.6 is 0 Å². The summed E-state index contributed by atoms with van der Waals surface area (Å²) in [5.74, 6) is -0.625. The average molecular weight is 780 g/mol.